The Morgan fingerprint density at radius 2 is 1.61 bits per heavy atom. The molecule has 1 atom stereocenters. The van der Waals surface area contributed by atoms with Crippen LogP contribution in [0.2, 0.25) is 0 Å². The second kappa shape index (κ2) is 6.00. The van der Waals surface area contributed by atoms with E-state index in [0.717, 1.165) is 6.42 Å². The van der Waals surface area contributed by atoms with Gasteiger partial charge in [0.2, 0.25) is 0 Å². The Kier molecular flexibility index (Phi) is 4.19. The van der Waals surface area contributed by atoms with Crippen molar-refractivity contribution in [1.82, 2.24) is 0 Å². The summed E-state index contributed by atoms with van der Waals surface area (Å²) in [6, 6.07) is 15.9. The van der Waals surface area contributed by atoms with Gasteiger partial charge in [-0.05, 0) is 46.1 Å². The summed E-state index contributed by atoms with van der Waals surface area (Å²) in [5, 5.41) is 0. The Hall–Kier alpha value is -1.82. The summed E-state index contributed by atoms with van der Waals surface area (Å²) in [6.45, 7) is 11.4. The normalized spacial score (nSPS) is 17.1. The van der Waals surface area contributed by atoms with Crippen molar-refractivity contribution in [3.8, 4) is 11.1 Å². The first kappa shape index (κ1) is 16.1. The van der Waals surface area contributed by atoms with Gasteiger partial charge in [-0.1, -0.05) is 88.7 Å². The molecule has 0 nitrogen and oxygen atoms in total. The Morgan fingerprint density at radius 3 is 2.17 bits per heavy atom. The lowest BCUT2D eigenvalue weighted by atomic mass is 9.84. The molecule has 2 aromatic carbocycles. The van der Waals surface area contributed by atoms with Crippen LogP contribution >= 0.6 is 0 Å². The lowest BCUT2D eigenvalue weighted by Crippen LogP contribution is -2.10. The largest absolute Gasteiger partial charge is 0.0645 e. The number of allylic oxidation sites excluding steroid dienone is 1. The monoisotopic (exact) mass is 304 g/mol. The second-order valence-electron chi connectivity index (χ2n) is 7.67. The van der Waals surface area contributed by atoms with E-state index in [-0.39, 0.29) is 5.41 Å². The van der Waals surface area contributed by atoms with E-state index in [1.807, 2.05) is 0 Å². The topological polar surface area (TPSA) is 0 Å². The van der Waals surface area contributed by atoms with Gasteiger partial charge in [0.15, 0.2) is 0 Å². The van der Waals surface area contributed by atoms with Crippen molar-refractivity contribution in [1.29, 1.82) is 0 Å². The van der Waals surface area contributed by atoms with Crippen LogP contribution in [0.25, 0.3) is 17.2 Å². The van der Waals surface area contributed by atoms with Crippen molar-refractivity contribution >= 4 is 6.08 Å². The van der Waals surface area contributed by atoms with Crippen LogP contribution in [0.3, 0.4) is 0 Å². The van der Waals surface area contributed by atoms with Crippen LogP contribution in [0, 0.1) is 0 Å². The van der Waals surface area contributed by atoms with Gasteiger partial charge in [0.25, 0.3) is 0 Å². The summed E-state index contributed by atoms with van der Waals surface area (Å²) >= 11 is 0. The first-order valence-electron chi connectivity index (χ1n) is 8.90. The SMILES string of the molecule is CCC1=Cc2cccc(-c3ccc(C(C)(C)C)cc3)c2C1CC. The van der Waals surface area contributed by atoms with Crippen LogP contribution in [-0.2, 0) is 5.41 Å². The molecular formula is C23H28. The molecule has 0 radical (unpaired) electrons. The predicted molar refractivity (Wildman–Crippen MR) is 102 cm³/mol. The van der Waals surface area contributed by atoms with Crippen LogP contribution in [0.5, 0.6) is 0 Å². The van der Waals surface area contributed by atoms with E-state index in [0.29, 0.717) is 5.92 Å². The lowest BCUT2D eigenvalue weighted by molar-refractivity contribution is 0.590. The van der Waals surface area contributed by atoms with Crippen molar-refractivity contribution in [2.45, 2.75) is 58.8 Å². The van der Waals surface area contributed by atoms with Crippen molar-refractivity contribution < 1.29 is 0 Å². The molecule has 0 amide bonds. The van der Waals surface area contributed by atoms with Crippen molar-refractivity contribution in [2.75, 3.05) is 0 Å². The Labute approximate surface area is 141 Å². The molecule has 0 fully saturated rings. The average Bonchev–Trinajstić information content (AvgIpc) is 2.91. The van der Waals surface area contributed by atoms with E-state index >= 15 is 0 Å². The number of fused-ring (bicyclic) bond motifs is 1. The Balaban J connectivity index is 2.06. The molecule has 23 heavy (non-hydrogen) atoms. The Bertz CT molecular complexity index is 724. The molecule has 3 rings (SSSR count). The molecule has 1 aliphatic rings. The number of hydrogen-bond acceptors (Lipinski definition) is 0. The molecule has 0 saturated carbocycles. The highest BCUT2D eigenvalue weighted by Crippen LogP contribution is 2.44. The number of benzene rings is 2. The third kappa shape index (κ3) is 2.87. The first-order valence-corrected chi connectivity index (χ1v) is 8.90. The Morgan fingerprint density at radius 1 is 0.913 bits per heavy atom. The minimum atomic E-state index is 0.208. The van der Waals surface area contributed by atoms with Gasteiger partial charge in [0.1, 0.15) is 0 Å². The maximum absolute atomic E-state index is 2.41. The summed E-state index contributed by atoms with van der Waals surface area (Å²) in [7, 11) is 0. The standard InChI is InChI=1S/C23H28/c1-6-16-15-18-9-8-10-21(22(18)20(16)7-2)17-11-13-19(14-12-17)23(3,4)5/h8-15,20H,6-7H2,1-5H3. The van der Waals surface area contributed by atoms with Gasteiger partial charge < -0.3 is 0 Å². The number of hydrogen-bond donors (Lipinski definition) is 0. The molecule has 0 bridgehead atoms. The zero-order chi connectivity index (χ0) is 16.6. The van der Waals surface area contributed by atoms with Crippen molar-refractivity contribution in [2.24, 2.45) is 0 Å². The van der Waals surface area contributed by atoms with Gasteiger partial charge in [-0.2, -0.15) is 0 Å². The molecule has 0 saturated heterocycles. The van der Waals surface area contributed by atoms with Gasteiger partial charge in [-0.3, -0.25) is 0 Å². The third-order valence-corrected chi connectivity index (χ3v) is 5.16. The summed E-state index contributed by atoms with van der Waals surface area (Å²) in [6.07, 6.45) is 4.75. The quantitative estimate of drug-likeness (QED) is 0.575. The van der Waals surface area contributed by atoms with Gasteiger partial charge in [0.05, 0.1) is 0 Å². The highest BCUT2D eigenvalue weighted by molar-refractivity contribution is 5.79. The van der Waals surface area contributed by atoms with Crippen LogP contribution in [0.4, 0.5) is 0 Å². The maximum atomic E-state index is 2.41. The van der Waals surface area contributed by atoms with E-state index in [4.69, 9.17) is 0 Å². The minimum absolute atomic E-state index is 0.208. The van der Waals surface area contributed by atoms with Gasteiger partial charge in [0, 0.05) is 5.92 Å². The molecular weight excluding hydrogens is 276 g/mol. The summed E-state index contributed by atoms with van der Waals surface area (Å²) in [5.41, 5.74) is 8.91. The van der Waals surface area contributed by atoms with Crippen LogP contribution in [0.1, 0.15) is 70.1 Å². The van der Waals surface area contributed by atoms with Crippen LogP contribution in [-0.4, -0.2) is 0 Å². The van der Waals surface area contributed by atoms with E-state index in [2.05, 4.69) is 83.2 Å². The van der Waals surface area contributed by atoms with Crippen molar-refractivity contribution in [3.63, 3.8) is 0 Å². The summed E-state index contributed by atoms with van der Waals surface area (Å²) in [4.78, 5) is 0. The summed E-state index contributed by atoms with van der Waals surface area (Å²) in [5.74, 6) is 0.591. The molecule has 0 spiro atoms. The second-order valence-corrected chi connectivity index (χ2v) is 7.67. The van der Waals surface area contributed by atoms with Crippen LogP contribution in [0.15, 0.2) is 48.0 Å². The predicted octanol–water partition coefficient (Wildman–Crippen LogP) is 6.95. The highest BCUT2D eigenvalue weighted by Gasteiger charge is 2.25. The average molecular weight is 304 g/mol. The smallest absolute Gasteiger partial charge is 0.00608 e. The lowest BCUT2D eigenvalue weighted by Gasteiger charge is -2.21. The summed E-state index contributed by atoms with van der Waals surface area (Å²) < 4.78 is 0. The fourth-order valence-electron chi connectivity index (χ4n) is 3.80. The zero-order valence-electron chi connectivity index (χ0n) is 15.1. The number of rotatable bonds is 3. The van der Waals surface area contributed by atoms with Crippen molar-refractivity contribution in [3.05, 3.63) is 64.7 Å². The molecule has 1 aliphatic carbocycles. The molecule has 1 unspecified atom stereocenters. The molecule has 0 N–H and O–H groups in total. The van der Waals surface area contributed by atoms with E-state index in [1.165, 1.54) is 34.2 Å². The highest BCUT2D eigenvalue weighted by atomic mass is 14.3. The third-order valence-electron chi connectivity index (χ3n) is 5.16. The van der Waals surface area contributed by atoms with Gasteiger partial charge in [-0.25, -0.2) is 0 Å². The van der Waals surface area contributed by atoms with Gasteiger partial charge >= 0.3 is 0 Å². The molecule has 0 heteroatoms. The molecule has 0 aromatic heterocycles. The molecule has 0 aliphatic heterocycles. The zero-order valence-corrected chi connectivity index (χ0v) is 15.1. The van der Waals surface area contributed by atoms with E-state index in [1.54, 1.807) is 5.57 Å². The van der Waals surface area contributed by atoms with E-state index < -0.39 is 0 Å². The maximum Gasteiger partial charge on any atom is 0.00608 e. The minimum Gasteiger partial charge on any atom is -0.0645 e. The molecule has 120 valence electrons. The molecule has 2 aromatic rings. The van der Waals surface area contributed by atoms with E-state index in [9.17, 15) is 0 Å². The van der Waals surface area contributed by atoms with Gasteiger partial charge in [-0.15, -0.1) is 0 Å². The van der Waals surface area contributed by atoms with Crippen LogP contribution < -0.4 is 0 Å². The first-order chi connectivity index (χ1) is 11.0. The fraction of sp³-hybridized carbons (Fsp3) is 0.391. The molecule has 0 heterocycles. The fourth-order valence-corrected chi connectivity index (χ4v) is 3.80.